The molecule has 0 fully saturated rings. The lowest BCUT2D eigenvalue weighted by atomic mass is 10.2. The van der Waals surface area contributed by atoms with Gasteiger partial charge in [0, 0.05) is 0 Å². The van der Waals surface area contributed by atoms with Crippen molar-refractivity contribution < 1.29 is 18.7 Å². The van der Waals surface area contributed by atoms with Gasteiger partial charge in [-0.3, -0.25) is 0 Å². The minimum Gasteiger partial charge on any atom is -0.478 e. The summed E-state index contributed by atoms with van der Waals surface area (Å²) in [6.45, 7) is 0. The van der Waals surface area contributed by atoms with Crippen molar-refractivity contribution >= 4 is 29.2 Å². The van der Waals surface area contributed by atoms with Crippen molar-refractivity contribution in [1.82, 2.24) is 4.98 Å². The average Bonchev–Trinajstić information content (AvgIpc) is 2.01. The zero-order chi connectivity index (χ0) is 10.2. The highest BCUT2D eigenvalue weighted by Gasteiger charge is 2.22. The minimum absolute atomic E-state index is 0.807. The number of pyridine rings is 1. The molecule has 0 aliphatic heterocycles. The van der Waals surface area contributed by atoms with Crippen LogP contribution >= 0.6 is 23.2 Å². The van der Waals surface area contributed by atoms with Gasteiger partial charge in [0.1, 0.15) is 15.6 Å². The van der Waals surface area contributed by atoms with Crippen LogP contribution in [-0.2, 0) is 0 Å². The Morgan fingerprint density at radius 3 is 1.92 bits per heavy atom. The van der Waals surface area contributed by atoms with Gasteiger partial charge in [0.25, 0.3) is 0 Å². The average molecular weight is 228 g/mol. The van der Waals surface area contributed by atoms with E-state index >= 15 is 0 Å². The first-order chi connectivity index (χ1) is 5.95. The summed E-state index contributed by atoms with van der Waals surface area (Å²) in [5, 5.41) is 6.85. The molecule has 13 heavy (non-hydrogen) atoms. The fraction of sp³-hybridized carbons (Fsp3) is 0. The number of carboxylic acids is 1. The van der Waals surface area contributed by atoms with Crippen LogP contribution in [0.3, 0.4) is 0 Å². The Balaban J connectivity index is 3.56. The predicted molar refractivity (Wildman–Crippen MR) is 41.1 cm³/mol. The van der Waals surface area contributed by atoms with Crippen molar-refractivity contribution in [3.63, 3.8) is 0 Å². The van der Waals surface area contributed by atoms with Gasteiger partial charge in [-0.2, -0.15) is 13.8 Å². The largest absolute Gasteiger partial charge is 0.478 e. The lowest BCUT2D eigenvalue weighted by Crippen LogP contribution is -2.05. The first-order valence-corrected chi connectivity index (χ1v) is 3.64. The van der Waals surface area contributed by atoms with E-state index in [1.165, 1.54) is 0 Å². The summed E-state index contributed by atoms with van der Waals surface area (Å²) in [5.41, 5.74) is -0.826. The van der Waals surface area contributed by atoms with Gasteiger partial charge in [0.15, 0.2) is 0 Å². The van der Waals surface area contributed by atoms with E-state index in [2.05, 4.69) is 4.98 Å². The van der Waals surface area contributed by atoms with Crippen LogP contribution in [0.4, 0.5) is 8.78 Å². The standard InChI is InChI=1S/C6HCl2F2NO2/c7-2-1(6(12)13)3(8)5(10)11-4(2)9/h(H,12,13). The van der Waals surface area contributed by atoms with Crippen molar-refractivity contribution in [3.8, 4) is 0 Å². The lowest BCUT2D eigenvalue weighted by molar-refractivity contribution is 0.0695. The van der Waals surface area contributed by atoms with Crippen LogP contribution in [0.2, 0.25) is 10.0 Å². The zero-order valence-corrected chi connectivity index (χ0v) is 7.33. The Labute approximate surface area is 80.9 Å². The molecule has 0 radical (unpaired) electrons. The highest BCUT2D eigenvalue weighted by Crippen LogP contribution is 2.27. The van der Waals surface area contributed by atoms with Gasteiger partial charge < -0.3 is 5.11 Å². The SMILES string of the molecule is O=C(O)c1c(Cl)c(F)nc(F)c1Cl. The Kier molecular flexibility index (Phi) is 2.68. The summed E-state index contributed by atoms with van der Waals surface area (Å²) < 4.78 is 25.2. The van der Waals surface area contributed by atoms with Crippen molar-refractivity contribution in [2.45, 2.75) is 0 Å². The van der Waals surface area contributed by atoms with E-state index in [1.54, 1.807) is 0 Å². The Morgan fingerprint density at radius 2 is 1.62 bits per heavy atom. The van der Waals surface area contributed by atoms with E-state index in [-0.39, 0.29) is 0 Å². The molecule has 0 bridgehead atoms. The molecule has 0 saturated carbocycles. The number of carboxylic acid groups (broad SMARTS) is 1. The van der Waals surface area contributed by atoms with E-state index in [9.17, 15) is 13.6 Å². The number of halogens is 4. The maximum atomic E-state index is 12.6. The zero-order valence-electron chi connectivity index (χ0n) is 5.81. The second-order valence-corrected chi connectivity index (χ2v) is 2.76. The normalized spacial score (nSPS) is 10.2. The molecule has 1 heterocycles. The molecular formula is C6HCl2F2NO2. The third-order valence-corrected chi connectivity index (χ3v) is 1.90. The van der Waals surface area contributed by atoms with Crippen molar-refractivity contribution in [1.29, 1.82) is 0 Å². The van der Waals surface area contributed by atoms with Gasteiger partial charge in [-0.25, -0.2) is 4.79 Å². The highest BCUT2D eigenvalue weighted by atomic mass is 35.5. The molecule has 0 saturated heterocycles. The minimum atomic E-state index is -1.62. The molecule has 0 unspecified atom stereocenters. The Hall–Kier alpha value is -0.940. The second kappa shape index (κ2) is 3.43. The summed E-state index contributed by atoms with van der Waals surface area (Å²) in [6, 6.07) is 0. The molecule has 0 spiro atoms. The number of hydrogen-bond acceptors (Lipinski definition) is 2. The Morgan fingerprint density at radius 1 is 1.23 bits per heavy atom. The van der Waals surface area contributed by atoms with Crippen molar-refractivity contribution in [2.24, 2.45) is 0 Å². The van der Waals surface area contributed by atoms with E-state index in [0.29, 0.717) is 0 Å². The molecule has 7 heteroatoms. The topological polar surface area (TPSA) is 50.2 Å². The van der Waals surface area contributed by atoms with Crippen LogP contribution in [0, 0.1) is 11.9 Å². The van der Waals surface area contributed by atoms with Crippen LogP contribution in [0.5, 0.6) is 0 Å². The third-order valence-electron chi connectivity index (χ3n) is 1.21. The van der Waals surface area contributed by atoms with Gasteiger partial charge in [0.2, 0.25) is 11.9 Å². The molecule has 70 valence electrons. The molecule has 1 N–H and O–H groups in total. The molecule has 1 aromatic rings. The molecule has 0 aliphatic rings. The summed E-state index contributed by atoms with van der Waals surface area (Å²) in [6.07, 6.45) is 0. The first kappa shape index (κ1) is 10.1. The van der Waals surface area contributed by atoms with E-state index in [0.717, 1.165) is 0 Å². The number of carbonyl (C=O) groups is 1. The molecule has 0 aromatic carbocycles. The fourth-order valence-corrected chi connectivity index (χ4v) is 1.16. The summed E-state index contributed by atoms with van der Waals surface area (Å²) in [5.74, 6) is -4.42. The summed E-state index contributed by atoms with van der Waals surface area (Å²) in [4.78, 5) is 13.1. The quantitative estimate of drug-likeness (QED) is 0.750. The molecule has 1 aromatic heterocycles. The van der Waals surface area contributed by atoms with E-state index in [1.807, 2.05) is 0 Å². The van der Waals surface area contributed by atoms with Crippen LogP contribution in [-0.4, -0.2) is 16.1 Å². The number of nitrogens with zero attached hydrogens (tertiary/aromatic N) is 1. The van der Waals surface area contributed by atoms with Crippen LogP contribution in [0.15, 0.2) is 0 Å². The molecular weight excluding hydrogens is 227 g/mol. The number of aromatic nitrogens is 1. The van der Waals surface area contributed by atoms with E-state index in [4.69, 9.17) is 28.3 Å². The summed E-state index contributed by atoms with van der Waals surface area (Å²) in [7, 11) is 0. The van der Waals surface area contributed by atoms with Crippen LogP contribution in [0.25, 0.3) is 0 Å². The number of aromatic carboxylic acids is 1. The molecule has 0 amide bonds. The maximum Gasteiger partial charge on any atom is 0.339 e. The van der Waals surface area contributed by atoms with Gasteiger partial charge in [-0.1, -0.05) is 23.2 Å². The third kappa shape index (κ3) is 1.71. The van der Waals surface area contributed by atoms with Crippen LogP contribution in [0.1, 0.15) is 10.4 Å². The predicted octanol–water partition coefficient (Wildman–Crippen LogP) is 2.36. The van der Waals surface area contributed by atoms with Gasteiger partial charge >= 0.3 is 5.97 Å². The number of hydrogen-bond donors (Lipinski definition) is 1. The lowest BCUT2D eigenvalue weighted by Gasteiger charge is -2.02. The highest BCUT2D eigenvalue weighted by molar-refractivity contribution is 6.39. The maximum absolute atomic E-state index is 12.6. The smallest absolute Gasteiger partial charge is 0.339 e. The van der Waals surface area contributed by atoms with Gasteiger partial charge in [-0.05, 0) is 0 Å². The van der Waals surface area contributed by atoms with Crippen LogP contribution < -0.4 is 0 Å². The molecule has 1 rings (SSSR count). The van der Waals surface area contributed by atoms with Crippen molar-refractivity contribution in [2.75, 3.05) is 0 Å². The van der Waals surface area contributed by atoms with Gasteiger partial charge in [-0.15, -0.1) is 0 Å². The molecule has 0 atom stereocenters. The van der Waals surface area contributed by atoms with Gasteiger partial charge in [0.05, 0.1) is 0 Å². The summed E-state index contributed by atoms with van der Waals surface area (Å²) >= 11 is 10.4. The second-order valence-electron chi connectivity index (χ2n) is 2.00. The molecule has 3 nitrogen and oxygen atoms in total. The number of rotatable bonds is 1. The monoisotopic (exact) mass is 227 g/mol. The van der Waals surface area contributed by atoms with Crippen molar-refractivity contribution in [3.05, 3.63) is 27.5 Å². The van der Waals surface area contributed by atoms with E-state index < -0.39 is 33.5 Å². The molecule has 0 aliphatic carbocycles. The first-order valence-electron chi connectivity index (χ1n) is 2.88. The Bertz CT molecular complexity index is 357. The fourth-order valence-electron chi connectivity index (χ4n) is 0.675.